The van der Waals surface area contributed by atoms with Gasteiger partial charge in [-0.15, -0.1) is 0 Å². The minimum Gasteiger partial charge on any atom is -0.408 e. The molecule has 0 saturated carbocycles. The zero-order chi connectivity index (χ0) is 27.5. The number of benzene rings is 2. The Labute approximate surface area is 222 Å². The molecule has 0 bridgehead atoms. The Kier molecular flexibility index (Phi) is 12.3. The van der Waals surface area contributed by atoms with Gasteiger partial charge in [-0.05, 0) is 29.3 Å². The van der Waals surface area contributed by atoms with Crippen molar-refractivity contribution in [1.82, 2.24) is 0 Å². The average molecular weight is 531 g/mol. The van der Waals surface area contributed by atoms with Gasteiger partial charge >= 0.3 is 0 Å². The molecule has 0 unspecified atom stereocenters. The van der Waals surface area contributed by atoms with Gasteiger partial charge in [-0.3, -0.25) is 0 Å². The van der Waals surface area contributed by atoms with Gasteiger partial charge in [0, 0.05) is 14.2 Å². The van der Waals surface area contributed by atoms with E-state index in [-0.39, 0.29) is 18.3 Å². The summed E-state index contributed by atoms with van der Waals surface area (Å²) in [4.78, 5) is 24.5. The van der Waals surface area contributed by atoms with Gasteiger partial charge in [-0.1, -0.05) is 81.4 Å². The molecular formula is C29H42O7Si. The van der Waals surface area contributed by atoms with E-state index in [0.29, 0.717) is 6.29 Å². The molecule has 0 aliphatic heterocycles. The van der Waals surface area contributed by atoms with Crippen molar-refractivity contribution in [3.05, 3.63) is 71.8 Å². The van der Waals surface area contributed by atoms with E-state index >= 15 is 0 Å². The smallest absolute Gasteiger partial charge is 0.192 e. The summed E-state index contributed by atoms with van der Waals surface area (Å²) in [5, 5.41) is -0.140. The molecule has 2 rings (SSSR count). The summed E-state index contributed by atoms with van der Waals surface area (Å²) >= 11 is 0. The number of ether oxygens (including phenoxy) is 4. The molecule has 0 fully saturated rings. The number of hydrogen-bond donors (Lipinski definition) is 0. The molecule has 8 heteroatoms. The zero-order valence-electron chi connectivity index (χ0n) is 23.1. The number of aldehydes is 2. The zero-order valence-corrected chi connectivity index (χ0v) is 24.1. The third kappa shape index (κ3) is 8.95. The van der Waals surface area contributed by atoms with Gasteiger partial charge in [0.25, 0.3) is 0 Å². The molecule has 0 aliphatic carbocycles. The Bertz CT molecular complexity index is 930. The van der Waals surface area contributed by atoms with Crippen molar-refractivity contribution in [1.29, 1.82) is 0 Å². The predicted octanol–water partition coefficient (Wildman–Crippen LogP) is 4.98. The fraction of sp³-hybridized carbons (Fsp3) is 0.517. The summed E-state index contributed by atoms with van der Waals surface area (Å²) < 4.78 is 30.5. The number of carbonyl (C=O) groups is 2. The van der Waals surface area contributed by atoms with Crippen LogP contribution in [0, 0.1) is 0 Å². The first-order valence-electron chi connectivity index (χ1n) is 12.5. The number of methoxy groups -OCH3 is 2. The Hall–Kier alpha value is -2.20. The van der Waals surface area contributed by atoms with Crippen LogP contribution in [0.5, 0.6) is 0 Å². The highest BCUT2D eigenvalue weighted by Gasteiger charge is 2.47. The first kappa shape index (κ1) is 31.0. The minimum atomic E-state index is -2.39. The van der Waals surface area contributed by atoms with Crippen LogP contribution in [0.15, 0.2) is 60.7 Å². The van der Waals surface area contributed by atoms with Crippen LogP contribution in [0.25, 0.3) is 0 Å². The summed E-state index contributed by atoms with van der Waals surface area (Å²) in [6.07, 6.45) is -3.02. The van der Waals surface area contributed by atoms with E-state index in [9.17, 15) is 9.59 Å². The molecule has 7 nitrogen and oxygen atoms in total. The van der Waals surface area contributed by atoms with E-state index in [1.165, 1.54) is 14.2 Å². The lowest BCUT2D eigenvalue weighted by molar-refractivity contribution is -0.180. The first-order chi connectivity index (χ1) is 17.6. The first-order valence-corrected chi connectivity index (χ1v) is 15.4. The predicted molar refractivity (Wildman–Crippen MR) is 146 cm³/mol. The second-order valence-corrected chi connectivity index (χ2v) is 15.3. The standard InChI is InChI=1S/C29H42O7Si/c1-29(2,3)37(6,7)36-27(24(18-30)32-4)28(33-5)26(35-21-23-16-12-9-13-17-23)25(19-31)34-20-22-14-10-8-11-15-22/h8-19,24-28H,20-21H2,1-7H3/t24-,25-,26-,27+,28+/m0/s1. The summed E-state index contributed by atoms with van der Waals surface area (Å²) in [7, 11) is 0.576. The highest BCUT2D eigenvalue weighted by Crippen LogP contribution is 2.39. The highest BCUT2D eigenvalue weighted by atomic mass is 28.4. The molecule has 0 aliphatic rings. The Morgan fingerprint density at radius 1 is 0.703 bits per heavy atom. The fourth-order valence-corrected chi connectivity index (χ4v) is 4.98. The van der Waals surface area contributed by atoms with Crippen LogP contribution in [0.1, 0.15) is 31.9 Å². The topological polar surface area (TPSA) is 80.3 Å². The van der Waals surface area contributed by atoms with Gasteiger partial charge < -0.3 is 33.0 Å². The van der Waals surface area contributed by atoms with Crippen LogP contribution >= 0.6 is 0 Å². The van der Waals surface area contributed by atoms with Crippen molar-refractivity contribution in [2.24, 2.45) is 0 Å². The van der Waals surface area contributed by atoms with E-state index in [1.807, 2.05) is 60.7 Å². The number of rotatable bonds is 16. The van der Waals surface area contributed by atoms with E-state index in [4.69, 9.17) is 23.4 Å². The average Bonchev–Trinajstić information content (AvgIpc) is 2.88. The molecule has 2 aromatic rings. The molecular weight excluding hydrogens is 488 g/mol. The van der Waals surface area contributed by atoms with Crippen LogP contribution in [0.2, 0.25) is 18.1 Å². The second kappa shape index (κ2) is 14.7. The summed E-state index contributed by atoms with van der Waals surface area (Å²) in [5.74, 6) is 0. The number of carbonyl (C=O) groups excluding carboxylic acids is 2. The molecule has 2 aromatic carbocycles. The van der Waals surface area contributed by atoms with Gasteiger partial charge in [0.1, 0.15) is 30.5 Å². The Morgan fingerprint density at radius 2 is 1.19 bits per heavy atom. The molecule has 37 heavy (non-hydrogen) atoms. The maximum absolute atomic E-state index is 12.4. The second-order valence-electron chi connectivity index (χ2n) is 10.5. The lowest BCUT2D eigenvalue weighted by Gasteiger charge is -2.44. The van der Waals surface area contributed by atoms with Crippen molar-refractivity contribution in [2.75, 3.05) is 14.2 Å². The molecule has 0 radical (unpaired) electrons. The molecule has 0 heterocycles. The highest BCUT2D eigenvalue weighted by molar-refractivity contribution is 6.74. The monoisotopic (exact) mass is 530 g/mol. The lowest BCUT2D eigenvalue weighted by Crippen LogP contribution is -2.58. The Balaban J connectivity index is 2.44. The van der Waals surface area contributed by atoms with Gasteiger partial charge in [-0.2, -0.15) is 0 Å². The van der Waals surface area contributed by atoms with Crippen LogP contribution in [-0.2, 0) is 46.2 Å². The van der Waals surface area contributed by atoms with E-state index in [0.717, 1.165) is 17.4 Å². The molecule has 204 valence electrons. The third-order valence-corrected chi connectivity index (χ3v) is 11.4. The fourth-order valence-electron chi connectivity index (χ4n) is 3.68. The van der Waals surface area contributed by atoms with Gasteiger partial charge in [-0.25, -0.2) is 0 Å². The molecule has 0 aromatic heterocycles. The summed E-state index contributed by atoms with van der Waals surface area (Å²) in [5.41, 5.74) is 1.84. The van der Waals surface area contributed by atoms with Crippen molar-refractivity contribution in [3.8, 4) is 0 Å². The van der Waals surface area contributed by atoms with Crippen LogP contribution in [0.3, 0.4) is 0 Å². The van der Waals surface area contributed by atoms with Crippen molar-refractivity contribution in [3.63, 3.8) is 0 Å². The van der Waals surface area contributed by atoms with Crippen LogP contribution in [-0.4, -0.2) is 65.6 Å². The van der Waals surface area contributed by atoms with Crippen molar-refractivity contribution >= 4 is 20.9 Å². The summed E-state index contributed by atoms with van der Waals surface area (Å²) in [6, 6.07) is 19.2. The van der Waals surface area contributed by atoms with Gasteiger partial charge in [0.2, 0.25) is 0 Å². The normalized spacial score (nSPS) is 16.4. The van der Waals surface area contributed by atoms with Crippen LogP contribution in [0.4, 0.5) is 0 Å². The third-order valence-electron chi connectivity index (χ3n) is 6.92. The molecule has 0 spiro atoms. The molecule has 0 amide bonds. The SMILES string of the molecule is CO[C@H]([C@@H](OCc1ccccc1)[C@H](C=O)OCc1ccccc1)[C@H](O[Si](C)(C)C(C)(C)C)[C@H](C=O)OC. The van der Waals surface area contributed by atoms with E-state index < -0.39 is 38.8 Å². The molecule has 0 saturated heterocycles. The molecule has 5 atom stereocenters. The van der Waals surface area contributed by atoms with E-state index in [1.54, 1.807) is 0 Å². The maximum atomic E-state index is 12.4. The van der Waals surface area contributed by atoms with Gasteiger partial charge in [0.15, 0.2) is 20.9 Å². The summed E-state index contributed by atoms with van der Waals surface area (Å²) in [6.45, 7) is 10.9. The van der Waals surface area contributed by atoms with Crippen molar-refractivity contribution < 1.29 is 33.0 Å². The van der Waals surface area contributed by atoms with E-state index in [2.05, 4.69) is 33.9 Å². The van der Waals surface area contributed by atoms with Crippen molar-refractivity contribution in [2.45, 2.75) is 82.6 Å². The number of hydrogen-bond acceptors (Lipinski definition) is 7. The lowest BCUT2D eigenvalue weighted by atomic mass is 9.99. The Morgan fingerprint density at radius 3 is 1.59 bits per heavy atom. The maximum Gasteiger partial charge on any atom is 0.192 e. The quantitative estimate of drug-likeness (QED) is 0.224. The molecule has 0 N–H and O–H groups in total. The van der Waals surface area contributed by atoms with Crippen LogP contribution < -0.4 is 0 Å². The van der Waals surface area contributed by atoms with Gasteiger partial charge in [0.05, 0.1) is 13.2 Å². The minimum absolute atomic E-state index is 0.140. The largest absolute Gasteiger partial charge is 0.408 e.